The maximum atomic E-state index is 10.6. The normalized spacial score (nSPS) is 14.4. The van der Waals surface area contributed by atoms with E-state index in [0.717, 1.165) is 17.5 Å². The van der Waals surface area contributed by atoms with Gasteiger partial charge in [-0.15, -0.1) is 11.3 Å². The predicted molar refractivity (Wildman–Crippen MR) is 52.3 cm³/mol. The van der Waals surface area contributed by atoms with E-state index >= 15 is 0 Å². The van der Waals surface area contributed by atoms with Gasteiger partial charge in [0.05, 0.1) is 21.8 Å². The van der Waals surface area contributed by atoms with Gasteiger partial charge >= 0.3 is 37.7 Å². The van der Waals surface area contributed by atoms with E-state index in [4.69, 9.17) is 0 Å². The molecule has 0 aliphatic carbocycles. The molecular formula is C6H7Li2NO5S3. The van der Waals surface area contributed by atoms with Gasteiger partial charge in [0.2, 0.25) is 0 Å². The fourth-order valence-electron chi connectivity index (χ4n) is 0.820. The topological polar surface area (TPSA) is 102 Å². The van der Waals surface area contributed by atoms with Gasteiger partial charge in [-0.25, -0.2) is 9.19 Å². The van der Waals surface area contributed by atoms with Gasteiger partial charge in [0.1, 0.15) is 10.6 Å². The number of nitrogens with zero attached hydrogens (tertiary/aromatic N) is 1. The molecule has 0 spiro atoms. The predicted octanol–water partition coefficient (Wildman–Crippen LogP) is -5.57. The van der Waals surface area contributed by atoms with Crippen LogP contribution in [0.15, 0.2) is 10.4 Å². The maximum Gasteiger partial charge on any atom is 1.00 e. The van der Waals surface area contributed by atoms with Crippen LogP contribution in [0.3, 0.4) is 0 Å². The minimum atomic E-state index is -2.67. The average Bonchev–Trinajstić information content (AvgIpc) is 2.48. The molecule has 0 amide bonds. The summed E-state index contributed by atoms with van der Waals surface area (Å²) >= 11 is -4.17. The second-order valence-corrected chi connectivity index (χ2v) is 5.79. The molecule has 1 rings (SSSR count). The van der Waals surface area contributed by atoms with E-state index in [0.29, 0.717) is 0 Å². The molecule has 0 N–H and O–H groups in total. The summed E-state index contributed by atoms with van der Waals surface area (Å²) in [5, 5.41) is 0.283. The van der Waals surface area contributed by atoms with Crippen molar-refractivity contribution in [1.82, 2.24) is 4.98 Å². The Morgan fingerprint density at radius 2 is 1.88 bits per heavy atom. The Hall–Kier alpha value is 1.00. The van der Waals surface area contributed by atoms with E-state index in [1.165, 1.54) is 13.8 Å². The van der Waals surface area contributed by atoms with Gasteiger partial charge in [0.25, 0.3) is 0 Å². The summed E-state index contributed by atoms with van der Waals surface area (Å²) in [6.07, 6.45) is 1.15. The SMILES string of the molecule is CC(C)(OS(=O)[O-])c1ncc(S(=O)[O-])s1.[Li+].[Li+]. The Morgan fingerprint density at radius 3 is 2.24 bits per heavy atom. The molecule has 0 aliphatic rings. The van der Waals surface area contributed by atoms with Gasteiger partial charge in [0, 0.05) is 0 Å². The Morgan fingerprint density at radius 1 is 1.35 bits per heavy atom. The zero-order valence-electron chi connectivity index (χ0n) is 9.79. The first-order chi connectivity index (χ1) is 6.83. The van der Waals surface area contributed by atoms with Crippen LogP contribution in [0.1, 0.15) is 18.9 Å². The molecule has 0 saturated carbocycles. The molecule has 2 atom stereocenters. The van der Waals surface area contributed by atoms with Crippen molar-refractivity contribution in [3.05, 3.63) is 11.2 Å². The van der Waals surface area contributed by atoms with Crippen molar-refractivity contribution in [2.45, 2.75) is 23.7 Å². The molecule has 0 saturated heterocycles. The third-order valence-corrected chi connectivity index (χ3v) is 4.18. The van der Waals surface area contributed by atoms with E-state index in [2.05, 4.69) is 9.17 Å². The van der Waals surface area contributed by atoms with Crippen molar-refractivity contribution in [2.75, 3.05) is 0 Å². The van der Waals surface area contributed by atoms with E-state index in [1.54, 1.807) is 0 Å². The molecule has 1 heterocycles. The molecule has 11 heteroatoms. The first kappa shape index (κ1) is 20.3. The average molecular weight is 283 g/mol. The summed E-state index contributed by atoms with van der Waals surface area (Å²) in [5.74, 6) is 0. The van der Waals surface area contributed by atoms with E-state index in [9.17, 15) is 17.5 Å². The molecule has 6 nitrogen and oxygen atoms in total. The second-order valence-electron chi connectivity index (χ2n) is 3.02. The summed E-state index contributed by atoms with van der Waals surface area (Å²) < 4.78 is 46.5. The Bertz CT molecular complexity index is 410. The fourth-order valence-corrected chi connectivity index (χ4v) is 2.63. The molecule has 0 radical (unpaired) electrons. The molecule has 1 aromatic heterocycles. The molecular weight excluding hydrogens is 276 g/mol. The summed E-state index contributed by atoms with van der Waals surface area (Å²) in [6.45, 7) is 2.97. The van der Waals surface area contributed by atoms with E-state index < -0.39 is 28.0 Å². The van der Waals surface area contributed by atoms with Crippen molar-refractivity contribution in [3.63, 3.8) is 0 Å². The summed E-state index contributed by atoms with van der Waals surface area (Å²) in [5.41, 5.74) is -1.16. The largest absolute Gasteiger partial charge is 1.00 e. The second kappa shape index (κ2) is 8.23. The monoisotopic (exact) mass is 283 g/mol. The van der Waals surface area contributed by atoms with Crippen LogP contribution in [0, 0.1) is 0 Å². The summed E-state index contributed by atoms with van der Waals surface area (Å²) in [4.78, 5) is 3.79. The molecule has 2 unspecified atom stereocenters. The van der Waals surface area contributed by atoms with Gasteiger partial charge < -0.3 is 9.11 Å². The molecule has 0 bridgehead atoms. The third kappa shape index (κ3) is 6.12. The minimum Gasteiger partial charge on any atom is -0.768 e. The Balaban J connectivity index is 0. The van der Waals surface area contributed by atoms with Gasteiger partial charge in [-0.3, -0.25) is 8.39 Å². The van der Waals surface area contributed by atoms with Crippen molar-refractivity contribution in [3.8, 4) is 0 Å². The van der Waals surface area contributed by atoms with E-state index in [1.807, 2.05) is 0 Å². The summed E-state index contributed by atoms with van der Waals surface area (Å²) in [7, 11) is 0. The molecule has 1 aromatic rings. The molecule has 0 aliphatic heterocycles. The van der Waals surface area contributed by atoms with Gasteiger partial charge in [-0.2, -0.15) is 0 Å². The first-order valence-corrected chi connectivity index (χ1v) is 6.56. The number of hydrogen-bond acceptors (Lipinski definition) is 7. The van der Waals surface area contributed by atoms with Crippen molar-refractivity contribution in [2.24, 2.45) is 0 Å². The fraction of sp³-hybridized carbons (Fsp3) is 0.500. The number of thiazole rings is 1. The van der Waals surface area contributed by atoms with Gasteiger partial charge in [0.15, 0.2) is 0 Å². The van der Waals surface area contributed by atoms with Crippen LogP contribution in [-0.2, 0) is 32.2 Å². The standard InChI is InChI=1S/C6H9NO5S3.2Li/c1-6(2,12-15(10)11)5-7-3-4(13-5)14(8)9;;/h3H,1-2H3,(H,8,9)(H,10,11);;/q;2*+1/p-2. The van der Waals surface area contributed by atoms with E-state index in [-0.39, 0.29) is 46.9 Å². The van der Waals surface area contributed by atoms with Crippen LogP contribution in [0.2, 0.25) is 0 Å². The Kier molecular flexibility index (Phi) is 9.84. The quantitative estimate of drug-likeness (QED) is 0.403. The zero-order chi connectivity index (χ0) is 11.6. The number of aromatic nitrogens is 1. The third-order valence-electron chi connectivity index (χ3n) is 1.44. The first-order valence-electron chi connectivity index (χ1n) is 3.67. The molecule has 0 fully saturated rings. The van der Waals surface area contributed by atoms with Crippen LogP contribution in [0.5, 0.6) is 0 Å². The van der Waals surface area contributed by atoms with Crippen molar-refractivity contribution < 1.29 is 59.4 Å². The maximum absolute atomic E-state index is 10.6. The van der Waals surface area contributed by atoms with Crippen LogP contribution in [-0.4, -0.2) is 22.5 Å². The van der Waals surface area contributed by atoms with Crippen LogP contribution in [0.4, 0.5) is 0 Å². The van der Waals surface area contributed by atoms with Crippen LogP contribution < -0.4 is 37.7 Å². The van der Waals surface area contributed by atoms with Crippen molar-refractivity contribution in [1.29, 1.82) is 0 Å². The van der Waals surface area contributed by atoms with Crippen LogP contribution >= 0.6 is 11.3 Å². The number of hydrogen-bond donors (Lipinski definition) is 0. The zero-order valence-corrected chi connectivity index (χ0v) is 12.2. The number of rotatable bonds is 4. The van der Waals surface area contributed by atoms with Crippen LogP contribution in [0.25, 0.3) is 0 Å². The molecule has 86 valence electrons. The van der Waals surface area contributed by atoms with Gasteiger partial charge in [-0.05, 0) is 24.9 Å². The van der Waals surface area contributed by atoms with Crippen molar-refractivity contribution >= 4 is 33.8 Å². The molecule has 17 heavy (non-hydrogen) atoms. The smallest absolute Gasteiger partial charge is 0.768 e. The Labute approximate surface area is 132 Å². The minimum absolute atomic E-state index is 0. The summed E-state index contributed by atoms with van der Waals surface area (Å²) in [6, 6.07) is 0. The van der Waals surface area contributed by atoms with Gasteiger partial charge in [-0.1, -0.05) is 0 Å². The molecule has 0 aromatic carbocycles.